The molecule has 0 radical (unpaired) electrons. The summed E-state index contributed by atoms with van der Waals surface area (Å²) in [4.78, 5) is 12.0. The van der Waals surface area contributed by atoms with E-state index in [0.717, 1.165) is 28.0 Å². The molecule has 5 heteroatoms. The maximum absolute atomic E-state index is 12.0. The maximum Gasteiger partial charge on any atom is 0.337 e. The summed E-state index contributed by atoms with van der Waals surface area (Å²) in [7, 11) is 4.60. The van der Waals surface area contributed by atoms with Crippen molar-refractivity contribution in [2.24, 2.45) is 0 Å². The van der Waals surface area contributed by atoms with Gasteiger partial charge in [-0.15, -0.1) is 0 Å². The molecule has 3 aromatic carbocycles. The molecule has 0 saturated heterocycles. The van der Waals surface area contributed by atoms with E-state index >= 15 is 0 Å². The number of rotatable bonds is 4. The highest BCUT2D eigenvalue weighted by molar-refractivity contribution is 5.98. The highest BCUT2D eigenvalue weighted by Gasteiger charge is 2.17. The summed E-state index contributed by atoms with van der Waals surface area (Å²) in [6.45, 7) is 0. The van der Waals surface area contributed by atoms with E-state index in [-0.39, 0.29) is 0 Å². The molecule has 0 N–H and O–H groups in total. The summed E-state index contributed by atoms with van der Waals surface area (Å²) in [6, 6.07) is 20.2. The lowest BCUT2D eigenvalue weighted by Crippen LogP contribution is -2.00. The number of benzene rings is 3. The quantitative estimate of drug-likeness (QED) is 0.336. The second kappa shape index (κ2) is 8.68. The fourth-order valence-electron chi connectivity index (χ4n) is 3.22. The van der Waals surface area contributed by atoms with Crippen molar-refractivity contribution in [2.75, 3.05) is 21.3 Å². The molecular formula is C26H20O5. The molecule has 1 heterocycles. The Hall–Kier alpha value is -4.17. The van der Waals surface area contributed by atoms with Crippen molar-refractivity contribution in [1.29, 1.82) is 0 Å². The average Bonchev–Trinajstić information content (AvgIpc) is 3.20. The fourth-order valence-corrected chi connectivity index (χ4v) is 3.22. The number of carbonyl (C=O) groups excluding carboxylic acids is 1. The Bertz CT molecular complexity index is 1290. The lowest BCUT2D eigenvalue weighted by atomic mass is 10.0. The van der Waals surface area contributed by atoms with Crippen LogP contribution in [0.15, 0.2) is 71.1 Å². The van der Waals surface area contributed by atoms with Crippen molar-refractivity contribution in [3.8, 4) is 34.7 Å². The third-order valence-corrected chi connectivity index (χ3v) is 4.88. The number of methoxy groups -OCH3 is 3. The summed E-state index contributed by atoms with van der Waals surface area (Å²) in [6.07, 6.45) is 0. The van der Waals surface area contributed by atoms with Gasteiger partial charge < -0.3 is 18.6 Å². The van der Waals surface area contributed by atoms with Crippen LogP contribution in [0.5, 0.6) is 11.5 Å². The number of furan rings is 1. The molecule has 5 nitrogen and oxygen atoms in total. The van der Waals surface area contributed by atoms with Crippen LogP contribution in [0, 0.1) is 11.8 Å². The number of fused-ring (bicyclic) bond motifs is 1. The Morgan fingerprint density at radius 1 is 0.806 bits per heavy atom. The van der Waals surface area contributed by atoms with E-state index in [1.54, 1.807) is 32.4 Å². The Morgan fingerprint density at radius 2 is 1.45 bits per heavy atom. The molecule has 0 spiro atoms. The van der Waals surface area contributed by atoms with Crippen LogP contribution >= 0.6 is 0 Å². The summed E-state index contributed by atoms with van der Waals surface area (Å²) in [5.41, 5.74) is 3.46. The monoisotopic (exact) mass is 412 g/mol. The molecule has 0 aliphatic rings. The summed E-state index contributed by atoms with van der Waals surface area (Å²) >= 11 is 0. The first kappa shape index (κ1) is 20.1. The van der Waals surface area contributed by atoms with Gasteiger partial charge in [-0.05, 0) is 66.7 Å². The topological polar surface area (TPSA) is 57.9 Å². The van der Waals surface area contributed by atoms with Crippen LogP contribution < -0.4 is 9.47 Å². The molecule has 0 bridgehead atoms. The number of hydrogen-bond acceptors (Lipinski definition) is 5. The van der Waals surface area contributed by atoms with Gasteiger partial charge in [0.05, 0.1) is 32.5 Å². The van der Waals surface area contributed by atoms with Crippen LogP contribution in [0.2, 0.25) is 0 Å². The normalized spacial score (nSPS) is 10.3. The zero-order chi connectivity index (χ0) is 21.8. The molecule has 4 rings (SSSR count). The van der Waals surface area contributed by atoms with Gasteiger partial charge in [-0.1, -0.05) is 11.8 Å². The number of hydrogen-bond donors (Lipinski definition) is 0. The number of esters is 1. The third kappa shape index (κ3) is 4.10. The lowest BCUT2D eigenvalue weighted by Gasteiger charge is -2.02. The molecular weight excluding hydrogens is 392 g/mol. The summed E-state index contributed by atoms with van der Waals surface area (Å²) < 4.78 is 21.5. The summed E-state index contributed by atoms with van der Waals surface area (Å²) in [5.74, 6) is 8.14. The SMILES string of the molecule is COC(=O)c1ccc2oc(-c3ccc(OC)cc3)c(C#Cc3ccc(OC)cc3)c2c1. The van der Waals surface area contributed by atoms with Gasteiger partial charge in [-0.2, -0.15) is 0 Å². The largest absolute Gasteiger partial charge is 0.497 e. The van der Waals surface area contributed by atoms with Crippen molar-refractivity contribution in [1.82, 2.24) is 0 Å². The van der Waals surface area contributed by atoms with Gasteiger partial charge in [0.25, 0.3) is 0 Å². The highest BCUT2D eigenvalue weighted by Crippen LogP contribution is 2.34. The van der Waals surface area contributed by atoms with Crippen LogP contribution in [0.25, 0.3) is 22.3 Å². The predicted octanol–water partition coefficient (Wildman–Crippen LogP) is 5.30. The van der Waals surface area contributed by atoms with Crippen LogP contribution in [0.1, 0.15) is 21.5 Å². The van der Waals surface area contributed by atoms with Crippen LogP contribution in [-0.2, 0) is 4.74 Å². The zero-order valence-electron chi connectivity index (χ0n) is 17.4. The van der Waals surface area contributed by atoms with E-state index in [1.807, 2.05) is 48.5 Å². The van der Waals surface area contributed by atoms with E-state index in [2.05, 4.69) is 11.8 Å². The predicted molar refractivity (Wildman–Crippen MR) is 119 cm³/mol. The zero-order valence-corrected chi connectivity index (χ0v) is 17.4. The second-order valence-corrected chi connectivity index (χ2v) is 6.72. The van der Waals surface area contributed by atoms with Crippen molar-refractivity contribution in [3.05, 3.63) is 83.4 Å². The second-order valence-electron chi connectivity index (χ2n) is 6.72. The van der Waals surface area contributed by atoms with Crippen molar-refractivity contribution in [3.63, 3.8) is 0 Å². The molecule has 0 aliphatic heterocycles. The molecule has 0 unspecified atom stereocenters. The molecule has 4 aromatic rings. The molecule has 0 atom stereocenters. The van der Waals surface area contributed by atoms with Crippen molar-refractivity contribution in [2.45, 2.75) is 0 Å². The Morgan fingerprint density at radius 3 is 2.06 bits per heavy atom. The van der Waals surface area contributed by atoms with Gasteiger partial charge in [-0.3, -0.25) is 0 Å². The Kier molecular flexibility index (Phi) is 5.63. The first-order valence-electron chi connectivity index (χ1n) is 9.58. The van der Waals surface area contributed by atoms with E-state index in [4.69, 9.17) is 18.6 Å². The molecule has 31 heavy (non-hydrogen) atoms. The lowest BCUT2D eigenvalue weighted by molar-refractivity contribution is 0.0601. The molecule has 1 aromatic heterocycles. The Labute approximate surface area is 180 Å². The average molecular weight is 412 g/mol. The van der Waals surface area contributed by atoms with Crippen molar-refractivity contribution < 1.29 is 23.4 Å². The molecule has 154 valence electrons. The molecule has 0 aliphatic carbocycles. The van der Waals surface area contributed by atoms with Gasteiger partial charge >= 0.3 is 5.97 Å². The van der Waals surface area contributed by atoms with Gasteiger partial charge in [0.2, 0.25) is 0 Å². The van der Waals surface area contributed by atoms with E-state index < -0.39 is 5.97 Å². The van der Waals surface area contributed by atoms with E-state index in [9.17, 15) is 4.79 Å². The fraction of sp³-hybridized carbons (Fsp3) is 0.115. The maximum atomic E-state index is 12.0. The van der Waals surface area contributed by atoms with Crippen molar-refractivity contribution >= 4 is 16.9 Å². The molecule has 0 fully saturated rings. The van der Waals surface area contributed by atoms with E-state index in [0.29, 0.717) is 22.5 Å². The van der Waals surface area contributed by atoms with Gasteiger partial charge in [0.15, 0.2) is 5.76 Å². The first-order valence-corrected chi connectivity index (χ1v) is 9.58. The molecule has 0 amide bonds. The van der Waals surface area contributed by atoms with Gasteiger partial charge in [-0.25, -0.2) is 4.79 Å². The smallest absolute Gasteiger partial charge is 0.337 e. The minimum atomic E-state index is -0.414. The minimum Gasteiger partial charge on any atom is -0.497 e. The van der Waals surface area contributed by atoms with Crippen LogP contribution in [-0.4, -0.2) is 27.3 Å². The minimum absolute atomic E-state index is 0.414. The Balaban J connectivity index is 1.87. The van der Waals surface area contributed by atoms with Crippen LogP contribution in [0.4, 0.5) is 0 Å². The number of ether oxygens (including phenoxy) is 3. The molecule has 0 saturated carbocycles. The van der Waals surface area contributed by atoms with E-state index in [1.165, 1.54) is 7.11 Å². The summed E-state index contributed by atoms with van der Waals surface area (Å²) in [5, 5.41) is 0.745. The van der Waals surface area contributed by atoms with Gasteiger partial charge in [0.1, 0.15) is 17.1 Å². The van der Waals surface area contributed by atoms with Gasteiger partial charge in [0, 0.05) is 16.5 Å². The number of carbonyl (C=O) groups is 1. The van der Waals surface area contributed by atoms with Crippen LogP contribution in [0.3, 0.4) is 0 Å². The highest BCUT2D eigenvalue weighted by atomic mass is 16.5. The first-order chi connectivity index (χ1) is 15.1. The third-order valence-electron chi connectivity index (χ3n) is 4.88. The standard InChI is InChI=1S/C26H20O5/c1-28-20-10-4-17(5-11-20)6-14-22-23-16-19(26(27)30-3)9-15-24(23)31-25(22)18-7-12-21(29-2)13-8-18/h4-5,7-13,15-16H,1-3H3.